The van der Waals surface area contributed by atoms with Crippen molar-refractivity contribution in [3.63, 3.8) is 0 Å². The van der Waals surface area contributed by atoms with Crippen LogP contribution < -0.4 is 20.3 Å². The molecular formula is C35H36N4O6S. The number of carboxylic acids is 1. The number of aliphatic carboxylic acids is 1. The van der Waals surface area contributed by atoms with Crippen LogP contribution in [0.2, 0.25) is 0 Å². The van der Waals surface area contributed by atoms with Gasteiger partial charge in [0, 0.05) is 41.2 Å². The number of benzene rings is 3. The van der Waals surface area contributed by atoms with Crippen molar-refractivity contribution >= 4 is 46.4 Å². The van der Waals surface area contributed by atoms with Gasteiger partial charge in [0.1, 0.15) is 5.75 Å². The topological polar surface area (TPSA) is 128 Å². The molecule has 0 aliphatic carbocycles. The van der Waals surface area contributed by atoms with Crippen molar-refractivity contribution < 1.29 is 29.0 Å². The Morgan fingerprint density at radius 3 is 2.28 bits per heavy atom. The second kappa shape index (κ2) is 14.7. The lowest BCUT2D eigenvalue weighted by molar-refractivity contribution is -0.137. The predicted octanol–water partition coefficient (Wildman–Crippen LogP) is 5.45. The minimum Gasteiger partial charge on any atom is -0.484 e. The van der Waals surface area contributed by atoms with Crippen molar-refractivity contribution in [2.45, 2.75) is 38.4 Å². The average molecular weight is 641 g/mol. The molecule has 3 N–H and O–H groups in total. The molecule has 3 amide bonds. The second-order valence-corrected chi connectivity index (χ2v) is 12.2. The Morgan fingerprint density at radius 2 is 1.61 bits per heavy atom. The highest BCUT2D eigenvalue weighted by atomic mass is 32.1. The molecule has 0 saturated carbocycles. The molecule has 3 aromatic carbocycles. The van der Waals surface area contributed by atoms with E-state index in [2.05, 4.69) is 15.5 Å². The number of amides is 3. The van der Waals surface area contributed by atoms with Crippen LogP contribution in [-0.2, 0) is 9.59 Å². The monoisotopic (exact) mass is 640 g/mol. The van der Waals surface area contributed by atoms with Crippen molar-refractivity contribution in [1.82, 2.24) is 10.2 Å². The van der Waals surface area contributed by atoms with Crippen LogP contribution in [0.15, 0.2) is 96.4 Å². The second-order valence-electron chi connectivity index (χ2n) is 11.2. The molecule has 0 bridgehead atoms. The number of hydrogen-bond acceptors (Lipinski definition) is 7. The maximum atomic E-state index is 13.4. The molecule has 1 saturated heterocycles. The molecule has 238 valence electrons. The van der Waals surface area contributed by atoms with E-state index in [1.807, 2.05) is 60.5 Å². The van der Waals surface area contributed by atoms with Gasteiger partial charge in [0.05, 0.1) is 23.8 Å². The summed E-state index contributed by atoms with van der Waals surface area (Å²) in [6.07, 6.45) is -0.272. The summed E-state index contributed by atoms with van der Waals surface area (Å²) < 4.78 is 5.65. The van der Waals surface area contributed by atoms with Crippen molar-refractivity contribution in [1.29, 1.82) is 0 Å². The van der Waals surface area contributed by atoms with Gasteiger partial charge in [0.25, 0.3) is 17.7 Å². The van der Waals surface area contributed by atoms with E-state index in [-0.39, 0.29) is 36.6 Å². The number of carboxylic acid groups (broad SMARTS) is 1. The van der Waals surface area contributed by atoms with Crippen LogP contribution in [0.5, 0.6) is 5.75 Å². The number of anilines is 2. The highest BCUT2D eigenvalue weighted by Gasteiger charge is 2.34. The van der Waals surface area contributed by atoms with E-state index in [0.29, 0.717) is 35.8 Å². The van der Waals surface area contributed by atoms with Crippen LogP contribution in [0.4, 0.5) is 11.4 Å². The third-order valence-electron chi connectivity index (χ3n) is 7.79. The molecule has 11 heteroatoms. The van der Waals surface area contributed by atoms with Crippen LogP contribution in [0.1, 0.15) is 51.9 Å². The van der Waals surface area contributed by atoms with Crippen LogP contribution in [0.3, 0.4) is 0 Å². The Labute approximate surface area is 271 Å². The van der Waals surface area contributed by atoms with E-state index in [9.17, 15) is 24.3 Å². The van der Waals surface area contributed by atoms with Crippen molar-refractivity contribution in [3.8, 4) is 5.75 Å². The molecule has 1 aliphatic heterocycles. The normalized spacial score (nSPS) is 16.7. The van der Waals surface area contributed by atoms with E-state index in [1.54, 1.807) is 54.6 Å². The van der Waals surface area contributed by atoms with Crippen molar-refractivity contribution in [2.75, 3.05) is 29.9 Å². The minimum absolute atomic E-state index is 0.0418. The Bertz CT molecular complexity index is 1670. The zero-order valence-corrected chi connectivity index (χ0v) is 26.4. The number of carbonyl (C=O) groups excluding carboxylic acids is 3. The van der Waals surface area contributed by atoms with Gasteiger partial charge in [-0.15, -0.1) is 11.3 Å². The largest absolute Gasteiger partial charge is 0.484 e. The third-order valence-corrected chi connectivity index (χ3v) is 8.78. The van der Waals surface area contributed by atoms with Gasteiger partial charge < -0.3 is 30.3 Å². The highest BCUT2D eigenvalue weighted by Crippen LogP contribution is 2.33. The first-order valence-corrected chi connectivity index (χ1v) is 15.9. The number of rotatable bonds is 11. The fraction of sp³-hybridized carbons (Fsp3) is 0.257. The van der Waals surface area contributed by atoms with E-state index in [1.165, 1.54) is 11.3 Å². The third kappa shape index (κ3) is 7.91. The highest BCUT2D eigenvalue weighted by molar-refractivity contribution is 7.10. The molecule has 3 unspecified atom stereocenters. The first-order valence-electron chi connectivity index (χ1n) is 15.0. The number of ether oxygens (including phenoxy) is 1. The zero-order valence-electron chi connectivity index (χ0n) is 25.6. The van der Waals surface area contributed by atoms with Gasteiger partial charge >= 0.3 is 5.97 Å². The standard InChI is InChI=1S/C35H36N4O6S/c1-23-21-39(35(44)25-10-5-3-6-11-25)24(2)20-38(23)30-16-15-26(34(43)37-29(19-33(41)42)31-14-9-17-46-31)18-28(30)36-32(40)22-45-27-12-7-4-8-13-27/h3-18,23-24,29H,19-22H2,1-2H3,(H,36,40)(H,37,43)(H,41,42). The molecule has 10 nitrogen and oxygen atoms in total. The molecule has 1 fully saturated rings. The van der Waals surface area contributed by atoms with E-state index in [0.717, 1.165) is 4.88 Å². The van der Waals surface area contributed by atoms with Gasteiger partial charge in [-0.3, -0.25) is 19.2 Å². The first-order chi connectivity index (χ1) is 22.2. The lowest BCUT2D eigenvalue weighted by Gasteiger charge is -2.45. The molecule has 2 heterocycles. The molecule has 0 spiro atoms. The zero-order chi connectivity index (χ0) is 32.6. The summed E-state index contributed by atoms with van der Waals surface area (Å²) in [5.41, 5.74) is 1.98. The van der Waals surface area contributed by atoms with Gasteiger partial charge in [-0.25, -0.2) is 0 Å². The van der Waals surface area contributed by atoms with Crippen LogP contribution in [-0.4, -0.2) is 65.5 Å². The number of thiophene rings is 1. The maximum Gasteiger partial charge on any atom is 0.305 e. The van der Waals surface area contributed by atoms with Gasteiger partial charge in [0.2, 0.25) is 0 Å². The number of piperazine rings is 1. The molecule has 1 aliphatic rings. The fourth-order valence-corrected chi connectivity index (χ4v) is 6.28. The molecule has 1 aromatic heterocycles. The smallest absolute Gasteiger partial charge is 0.305 e. The summed E-state index contributed by atoms with van der Waals surface area (Å²) >= 11 is 1.36. The van der Waals surface area contributed by atoms with Gasteiger partial charge in [0.15, 0.2) is 6.61 Å². The molecule has 4 aromatic rings. The Morgan fingerprint density at radius 1 is 0.891 bits per heavy atom. The molecule has 3 atom stereocenters. The quantitative estimate of drug-likeness (QED) is 0.199. The van der Waals surface area contributed by atoms with Crippen LogP contribution >= 0.6 is 11.3 Å². The van der Waals surface area contributed by atoms with Gasteiger partial charge in [-0.05, 0) is 67.8 Å². The Balaban J connectivity index is 1.39. The number of nitrogens with zero attached hydrogens (tertiary/aromatic N) is 2. The van der Waals surface area contributed by atoms with Crippen molar-refractivity contribution in [3.05, 3.63) is 112 Å². The summed E-state index contributed by atoms with van der Waals surface area (Å²) in [6.45, 7) is 4.71. The fourth-order valence-electron chi connectivity index (χ4n) is 5.50. The van der Waals surface area contributed by atoms with E-state index < -0.39 is 23.8 Å². The predicted molar refractivity (Wildman–Crippen MR) is 178 cm³/mol. The summed E-state index contributed by atoms with van der Waals surface area (Å²) in [7, 11) is 0. The van der Waals surface area contributed by atoms with E-state index >= 15 is 0 Å². The molecular weight excluding hydrogens is 604 g/mol. The summed E-state index contributed by atoms with van der Waals surface area (Å²) in [4.78, 5) is 56.1. The number of para-hydroxylation sites is 1. The van der Waals surface area contributed by atoms with Crippen LogP contribution in [0.25, 0.3) is 0 Å². The first kappa shape index (κ1) is 32.2. The number of carbonyl (C=O) groups is 4. The Hall–Kier alpha value is -5.16. The van der Waals surface area contributed by atoms with Gasteiger partial charge in [-0.1, -0.05) is 42.5 Å². The maximum absolute atomic E-state index is 13.4. The van der Waals surface area contributed by atoms with Crippen molar-refractivity contribution in [2.24, 2.45) is 0 Å². The minimum atomic E-state index is -1.03. The number of nitrogens with one attached hydrogen (secondary N) is 2. The van der Waals surface area contributed by atoms with E-state index in [4.69, 9.17) is 4.74 Å². The van der Waals surface area contributed by atoms with Crippen LogP contribution in [0, 0.1) is 0 Å². The Kier molecular flexibility index (Phi) is 10.3. The molecule has 5 rings (SSSR count). The molecule has 46 heavy (non-hydrogen) atoms. The SMILES string of the molecule is CC1CN(c2ccc(C(=O)NC(CC(=O)O)c3cccs3)cc2NC(=O)COc2ccccc2)C(C)CN1C(=O)c1ccccc1. The average Bonchev–Trinajstić information content (AvgIpc) is 3.60. The molecule has 0 radical (unpaired) electrons. The summed E-state index contributed by atoms with van der Waals surface area (Å²) in [5, 5.41) is 17.0. The number of hydrogen-bond donors (Lipinski definition) is 3. The summed E-state index contributed by atoms with van der Waals surface area (Å²) in [5.74, 6) is -1.41. The lowest BCUT2D eigenvalue weighted by atomic mass is 10.0. The van der Waals surface area contributed by atoms with Gasteiger partial charge in [-0.2, -0.15) is 0 Å². The lowest BCUT2D eigenvalue weighted by Crippen LogP contribution is -2.58. The summed E-state index contributed by atoms with van der Waals surface area (Å²) in [6, 6.07) is 25.8.